The fourth-order valence-corrected chi connectivity index (χ4v) is 2.95. The van der Waals surface area contributed by atoms with E-state index >= 15 is 0 Å². The molecule has 6 heteroatoms. The molecule has 0 bridgehead atoms. The number of rotatable bonds is 5. The second-order valence-electron chi connectivity index (χ2n) is 5.88. The predicted octanol–water partition coefficient (Wildman–Crippen LogP) is 0.725. The van der Waals surface area contributed by atoms with Gasteiger partial charge in [0.25, 0.3) is 0 Å². The molecule has 0 spiro atoms. The van der Waals surface area contributed by atoms with Crippen molar-refractivity contribution in [3.63, 3.8) is 0 Å². The lowest BCUT2D eigenvalue weighted by Crippen LogP contribution is -2.37. The Labute approximate surface area is 129 Å². The van der Waals surface area contributed by atoms with Crippen LogP contribution in [0.1, 0.15) is 25.0 Å². The molecule has 0 aliphatic carbocycles. The van der Waals surface area contributed by atoms with Gasteiger partial charge in [0.2, 0.25) is 11.8 Å². The first-order valence-corrected chi connectivity index (χ1v) is 7.79. The van der Waals surface area contributed by atoms with Gasteiger partial charge in [0, 0.05) is 32.3 Å². The van der Waals surface area contributed by atoms with E-state index in [9.17, 15) is 9.59 Å². The highest BCUT2D eigenvalue weighted by atomic mass is 16.5. The molecule has 1 N–H and O–H groups in total. The van der Waals surface area contributed by atoms with Crippen LogP contribution in [0.15, 0.2) is 24.4 Å². The average Bonchev–Trinajstić information content (AvgIpc) is 3.16. The number of hydrogen-bond acceptors (Lipinski definition) is 4. The van der Waals surface area contributed by atoms with E-state index in [-0.39, 0.29) is 30.3 Å². The lowest BCUT2D eigenvalue weighted by Gasteiger charge is -2.16. The SMILES string of the molecule is O=C(NC[C@H]1CCCO1)[C@H]1CC(=O)N(Cc2ccccn2)C1. The van der Waals surface area contributed by atoms with Gasteiger partial charge in [0.1, 0.15) is 0 Å². The fraction of sp³-hybridized carbons (Fsp3) is 0.562. The molecule has 3 rings (SSSR count). The van der Waals surface area contributed by atoms with Gasteiger partial charge in [0.15, 0.2) is 0 Å². The van der Waals surface area contributed by atoms with Crippen LogP contribution in [0.3, 0.4) is 0 Å². The highest BCUT2D eigenvalue weighted by Crippen LogP contribution is 2.20. The Morgan fingerprint density at radius 2 is 2.36 bits per heavy atom. The summed E-state index contributed by atoms with van der Waals surface area (Å²) in [4.78, 5) is 30.2. The molecule has 1 aromatic heterocycles. The number of aromatic nitrogens is 1. The third-order valence-corrected chi connectivity index (χ3v) is 4.19. The van der Waals surface area contributed by atoms with Gasteiger partial charge in [0.05, 0.1) is 24.3 Å². The minimum Gasteiger partial charge on any atom is -0.376 e. The first-order chi connectivity index (χ1) is 10.7. The van der Waals surface area contributed by atoms with E-state index in [1.807, 2.05) is 18.2 Å². The summed E-state index contributed by atoms with van der Waals surface area (Å²) in [6, 6.07) is 5.63. The molecular formula is C16H21N3O3. The minimum absolute atomic E-state index is 0.0166. The summed E-state index contributed by atoms with van der Waals surface area (Å²) >= 11 is 0. The molecule has 0 radical (unpaired) electrons. The number of carbonyl (C=O) groups is 2. The van der Waals surface area contributed by atoms with E-state index in [1.54, 1.807) is 11.1 Å². The zero-order valence-electron chi connectivity index (χ0n) is 12.5. The van der Waals surface area contributed by atoms with Crippen LogP contribution in [0, 0.1) is 5.92 Å². The number of pyridine rings is 1. The van der Waals surface area contributed by atoms with Crippen molar-refractivity contribution in [2.24, 2.45) is 5.92 Å². The lowest BCUT2D eigenvalue weighted by molar-refractivity contribution is -0.129. The molecule has 6 nitrogen and oxygen atoms in total. The monoisotopic (exact) mass is 303 g/mol. The summed E-state index contributed by atoms with van der Waals surface area (Å²) in [7, 11) is 0. The Bertz CT molecular complexity index is 529. The molecule has 22 heavy (non-hydrogen) atoms. The number of carbonyl (C=O) groups excluding carboxylic acids is 2. The maximum absolute atomic E-state index is 12.2. The molecule has 2 saturated heterocycles. The number of hydrogen-bond donors (Lipinski definition) is 1. The molecule has 2 aliphatic heterocycles. The summed E-state index contributed by atoms with van der Waals surface area (Å²) < 4.78 is 5.49. The molecule has 0 saturated carbocycles. The number of likely N-dealkylation sites (tertiary alicyclic amines) is 1. The van der Waals surface area contributed by atoms with Crippen molar-refractivity contribution in [3.05, 3.63) is 30.1 Å². The number of nitrogens with zero attached hydrogens (tertiary/aromatic N) is 2. The Hall–Kier alpha value is -1.95. The molecule has 2 aliphatic rings. The van der Waals surface area contributed by atoms with Gasteiger partial charge < -0.3 is 15.0 Å². The van der Waals surface area contributed by atoms with Gasteiger partial charge in [-0.3, -0.25) is 14.6 Å². The van der Waals surface area contributed by atoms with Crippen LogP contribution in [0.25, 0.3) is 0 Å². The second-order valence-corrected chi connectivity index (χ2v) is 5.88. The third kappa shape index (κ3) is 3.62. The van der Waals surface area contributed by atoms with Crippen molar-refractivity contribution < 1.29 is 14.3 Å². The second kappa shape index (κ2) is 6.87. The van der Waals surface area contributed by atoms with Crippen molar-refractivity contribution >= 4 is 11.8 Å². The quantitative estimate of drug-likeness (QED) is 0.870. The van der Waals surface area contributed by atoms with Gasteiger partial charge >= 0.3 is 0 Å². The topological polar surface area (TPSA) is 71.5 Å². The normalized spacial score (nSPS) is 24.7. The summed E-state index contributed by atoms with van der Waals surface area (Å²) in [5.41, 5.74) is 0.844. The Kier molecular flexibility index (Phi) is 4.68. The zero-order chi connectivity index (χ0) is 15.4. The van der Waals surface area contributed by atoms with Crippen LogP contribution in [0.2, 0.25) is 0 Å². The van der Waals surface area contributed by atoms with Gasteiger partial charge in [-0.2, -0.15) is 0 Å². The number of ether oxygens (including phenoxy) is 1. The molecule has 2 amide bonds. The minimum atomic E-state index is -0.266. The van der Waals surface area contributed by atoms with E-state index in [0.29, 0.717) is 19.6 Å². The van der Waals surface area contributed by atoms with Gasteiger partial charge in [-0.1, -0.05) is 6.07 Å². The van der Waals surface area contributed by atoms with Crippen LogP contribution in [-0.2, 0) is 20.9 Å². The zero-order valence-corrected chi connectivity index (χ0v) is 12.5. The lowest BCUT2D eigenvalue weighted by atomic mass is 10.1. The van der Waals surface area contributed by atoms with Crippen molar-refractivity contribution in [2.75, 3.05) is 19.7 Å². The van der Waals surface area contributed by atoms with E-state index in [4.69, 9.17) is 4.74 Å². The molecule has 1 aromatic rings. The van der Waals surface area contributed by atoms with Crippen LogP contribution < -0.4 is 5.32 Å². The largest absolute Gasteiger partial charge is 0.376 e. The Morgan fingerprint density at radius 3 is 3.09 bits per heavy atom. The van der Waals surface area contributed by atoms with E-state index < -0.39 is 0 Å². The van der Waals surface area contributed by atoms with Gasteiger partial charge in [-0.15, -0.1) is 0 Å². The van der Waals surface area contributed by atoms with Crippen molar-refractivity contribution in [1.29, 1.82) is 0 Å². The van der Waals surface area contributed by atoms with Crippen LogP contribution >= 0.6 is 0 Å². The predicted molar refractivity (Wildman–Crippen MR) is 79.7 cm³/mol. The first-order valence-electron chi connectivity index (χ1n) is 7.79. The van der Waals surface area contributed by atoms with Crippen molar-refractivity contribution in [2.45, 2.75) is 31.9 Å². The van der Waals surface area contributed by atoms with Gasteiger partial charge in [-0.25, -0.2) is 0 Å². The fourth-order valence-electron chi connectivity index (χ4n) is 2.95. The maximum atomic E-state index is 12.2. The van der Waals surface area contributed by atoms with Crippen LogP contribution in [-0.4, -0.2) is 47.5 Å². The molecule has 0 unspecified atom stereocenters. The number of nitrogens with one attached hydrogen (secondary N) is 1. The smallest absolute Gasteiger partial charge is 0.225 e. The van der Waals surface area contributed by atoms with Crippen LogP contribution in [0.5, 0.6) is 0 Å². The third-order valence-electron chi connectivity index (χ3n) is 4.19. The molecule has 2 fully saturated rings. The van der Waals surface area contributed by atoms with Crippen molar-refractivity contribution in [1.82, 2.24) is 15.2 Å². The summed E-state index contributed by atoms with van der Waals surface area (Å²) in [5, 5.41) is 2.91. The van der Waals surface area contributed by atoms with Crippen LogP contribution in [0.4, 0.5) is 0 Å². The Balaban J connectivity index is 1.49. The highest BCUT2D eigenvalue weighted by molar-refractivity contribution is 5.89. The van der Waals surface area contributed by atoms with E-state index in [0.717, 1.165) is 25.1 Å². The summed E-state index contributed by atoms with van der Waals surface area (Å²) in [5.74, 6) is -0.298. The molecule has 0 aromatic carbocycles. The van der Waals surface area contributed by atoms with Gasteiger partial charge in [-0.05, 0) is 25.0 Å². The standard InChI is InChI=1S/C16H21N3O3/c20-15-8-12(16(21)18-9-14-5-3-7-22-14)10-19(15)11-13-4-1-2-6-17-13/h1-2,4,6,12,14H,3,5,7-11H2,(H,18,21)/t12-,14+/m0/s1. The average molecular weight is 303 g/mol. The van der Waals surface area contributed by atoms with Crippen molar-refractivity contribution in [3.8, 4) is 0 Å². The molecule has 3 heterocycles. The highest BCUT2D eigenvalue weighted by Gasteiger charge is 2.34. The Morgan fingerprint density at radius 1 is 1.45 bits per heavy atom. The summed E-state index contributed by atoms with van der Waals surface area (Å²) in [6.07, 6.45) is 4.17. The number of amides is 2. The first kappa shape index (κ1) is 15.0. The maximum Gasteiger partial charge on any atom is 0.225 e. The van der Waals surface area contributed by atoms with E-state index in [2.05, 4.69) is 10.3 Å². The molecule has 118 valence electrons. The molecular weight excluding hydrogens is 282 g/mol. The van der Waals surface area contributed by atoms with E-state index in [1.165, 1.54) is 0 Å². The summed E-state index contributed by atoms with van der Waals surface area (Å²) in [6.45, 7) is 2.26. The molecule has 2 atom stereocenters.